The van der Waals surface area contributed by atoms with Crippen LogP contribution in [0.2, 0.25) is 0 Å². The summed E-state index contributed by atoms with van der Waals surface area (Å²) in [7, 11) is 0. The summed E-state index contributed by atoms with van der Waals surface area (Å²) in [5, 5.41) is 23.0. The van der Waals surface area contributed by atoms with Crippen LogP contribution in [-0.4, -0.2) is 20.4 Å². The van der Waals surface area contributed by atoms with Gasteiger partial charge in [-0.2, -0.15) is 4.98 Å². The Morgan fingerprint density at radius 2 is 1.67 bits per heavy atom. The van der Waals surface area contributed by atoms with Crippen molar-refractivity contribution in [3.8, 4) is 34.3 Å². The molecule has 0 radical (unpaired) electrons. The lowest BCUT2D eigenvalue weighted by Gasteiger charge is -2.01. The van der Waals surface area contributed by atoms with Crippen LogP contribution in [0.3, 0.4) is 0 Å². The Kier molecular flexibility index (Phi) is 3.02. The Hall–Kier alpha value is -2.96. The molecular weight excluding hydrogens is 282 g/mol. The zero-order chi connectivity index (χ0) is 15.0. The third-order valence-corrected chi connectivity index (χ3v) is 2.84. The Morgan fingerprint density at radius 3 is 2.33 bits per heavy atom. The van der Waals surface area contributed by atoms with Crippen LogP contribution < -0.4 is 0 Å². The van der Waals surface area contributed by atoms with E-state index in [2.05, 4.69) is 10.1 Å². The molecule has 0 fully saturated rings. The number of phenolic OH excluding ortho intramolecular Hbond substituents is 2. The van der Waals surface area contributed by atoms with Crippen molar-refractivity contribution in [3.05, 3.63) is 48.0 Å². The molecule has 21 heavy (non-hydrogen) atoms. The number of halogens is 2. The molecule has 2 N–H and O–H groups in total. The summed E-state index contributed by atoms with van der Waals surface area (Å²) in [4.78, 5) is 3.96. The minimum atomic E-state index is -1.04. The van der Waals surface area contributed by atoms with E-state index in [1.54, 1.807) is 0 Å². The van der Waals surface area contributed by atoms with Gasteiger partial charge in [-0.3, -0.25) is 0 Å². The summed E-state index contributed by atoms with van der Waals surface area (Å²) in [5.41, 5.74) is 0.178. The number of aromatic nitrogens is 2. The van der Waals surface area contributed by atoms with Crippen molar-refractivity contribution in [1.29, 1.82) is 0 Å². The Balaban J connectivity index is 2.06. The fraction of sp³-hybridized carbons (Fsp3) is 0. The van der Waals surface area contributed by atoms with Crippen LogP contribution >= 0.6 is 0 Å². The molecule has 0 amide bonds. The average molecular weight is 290 g/mol. The summed E-state index contributed by atoms with van der Waals surface area (Å²) in [6, 6.07) is 7.29. The second-order valence-electron chi connectivity index (χ2n) is 4.22. The second-order valence-corrected chi connectivity index (χ2v) is 4.22. The molecule has 0 aliphatic heterocycles. The van der Waals surface area contributed by atoms with Crippen molar-refractivity contribution in [1.82, 2.24) is 10.1 Å². The standard InChI is InChI=1S/C14H8F2N2O3/c15-8-5-4-7(6-9(8)16)13-17-14(21-18-13)12-10(19)2-1-3-11(12)20/h1-6,19-20H. The molecule has 3 aromatic rings. The normalized spacial score (nSPS) is 10.8. The Morgan fingerprint density at radius 1 is 0.952 bits per heavy atom. The van der Waals surface area contributed by atoms with Gasteiger partial charge >= 0.3 is 0 Å². The fourth-order valence-corrected chi connectivity index (χ4v) is 1.82. The molecule has 0 saturated heterocycles. The maximum atomic E-state index is 13.2. The topological polar surface area (TPSA) is 79.4 Å². The number of nitrogens with zero attached hydrogens (tertiary/aromatic N) is 2. The van der Waals surface area contributed by atoms with Crippen LogP contribution in [-0.2, 0) is 0 Å². The number of aromatic hydroxyl groups is 2. The van der Waals surface area contributed by atoms with Crippen LogP contribution in [0.1, 0.15) is 0 Å². The smallest absolute Gasteiger partial charge is 0.265 e. The zero-order valence-electron chi connectivity index (χ0n) is 10.4. The van der Waals surface area contributed by atoms with E-state index in [9.17, 15) is 19.0 Å². The molecule has 0 unspecified atom stereocenters. The van der Waals surface area contributed by atoms with Crippen LogP contribution in [0, 0.1) is 11.6 Å². The lowest BCUT2D eigenvalue weighted by atomic mass is 10.1. The van der Waals surface area contributed by atoms with E-state index in [-0.39, 0.29) is 34.3 Å². The van der Waals surface area contributed by atoms with E-state index >= 15 is 0 Å². The molecule has 1 aromatic heterocycles. The highest BCUT2D eigenvalue weighted by atomic mass is 19.2. The molecule has 0 aliphatic rings. The minimum Gasteiger partial charge on any atom is -0.507 e. The molecule has 2 aromatic carbocycles. The van der Waals surface area contributed by atoms with Gasteiger partial charge in [-0.1, -0.05) is 11.2 Å². The maximum Gasteiger partial charge on any atom is 0.265 e. The number of rotatable bonds is 2. The molecule has 3 rings (SSSR count). The van der Waals surface area contributed by atoms with E-state index in [1.807, 2.05) is 0 Å². The molecule has 0 atom stereocenters. The summed E-state index contributed by atoms with van der Waals surface area (Å²) in [6.45, 7) is 0. The van der Waals surface area contributed by atoms with Gasteiger partial charge < -0.3 is 14.7 Å². The van der Waals surface area contributed by atoms with Crippen molar-refractivity contribution in [2.45, 2.75) is 0 Å². The first-order chi connectivity index (χ1) is 10.1. The van der Waals surface area contributed by atoms with Crippen molar-refractivity contribution >= 4 is 0 Å². The van der Waals surface area contributed by atoms with Crippen molar-refractivity contribution in [3.63, 3.8) is 0 Å². The van der Waals surface area contributed by atoms with E-state index in [0.29, 0.717) is 0 Å². The number of hydrogen-bond donors (Lipinski definition) is 2. The van der Waals surface area contributed by atoms with Crippen LogP contribution in [0.25, 0.3) is 22.8 Å². The average Bonchev–Trinajstić information content (AvgIpc) is 2.91. The lowest BCUT2D eigenvalue weighted by Crippen LogP contribution is -1.87. The summed E-state index contributed by atoms with van der Waals surface area (Å²) < 4.78 is 31.0. The predicted octanol–water partition coefficient (Wildman–Crippen LogP) is 3.09. The summed E-state index contributed by atoms with van der Waals surface area (Å²) >= 11 is 0. The predicted molar refractivity (Wildman–Crippen MR) is 68.4 cm³/mol. The molecule has 0 bridgehead atoms. The number of benzene rings is 2. The first kappa shape index (κ1) is 13.0. The van der Waals surface area contributed by atoms with E-state index in [4.69, 9.17) is 4.52 Å². The first-order valence-electron chi connectivity index (χ1n) is 5.86. The van der Waals surface area contributed by atoms with Gasteiger partial charge in [0.05, 0.1) is 0 Å². The SMILES string of the molecule is Oc1cccc(O)c1-c1nc(-c2ccc(F)c(F)c2)no1. The highest BCUT2D eigenvalue weighted by Gasteiger charge is 2.18. The fourth-order valence-electron chi connectivity index (χ4n) is 1.82. The third kappa shape index (κ3) is 2.29. The lowest BCUT2D eigenvalue weighted by molar-refractivity contribution is 0.416. The molecule has 0 saturated carbocycles. The molecule has 106 valence electrons. The largest absolute Gasteiger partial charge is 0.507 e. The van der Waals surface area contributed by atoms with Crippen LogP contribution in [0.4, 0.5) is 8.78 Å². The van der Waals surface area contributed by atoms with E-state index < -0.39 is 11.6 Å². The van der Waals surface area contributed by atoms with Gasteiger partial charge in [0.25, 0.3) is 5.89 Å². The molecular formula is C14H8F2N2O3. The van der Waals surface area contributed by atoms with Gasteiger partial charge in [-0.05, 0) is 30.3 Å². The van der Waals surface area contributed by atoms with Crippen molar-refractivity contribution in [2.24, 2.45) is 0 Å². The number of hydrogen-bond acceptors (Lipinski definition) is 5. The second kappa shape index (κ2) is 4.86. The quantitative estimate of drug-likeness (QED) is 0.758. The van der Waals surface area contributed by atoms with Gasteiger partial charge in [-0.15, -0.1) is 0 Å². The highest BCUT2D eigenvalue weighted by Crippen LogP contribution is 2.36. The molecule has 0 spiro atoms. The molecule has 0 aliphatic carbocycles. The van der Waals surface area contributed by atoms with Gasteiger partial charge in [-0.25, -0.2) is 8.78 Å². The van der Waals surface area contributed by atoms with Crippen LogP contribution in [0.15, 0.2) is 40.9 Å². The van der Waals surface area contributed by atoms with E-state index in [1.165, 1.54) is 24.3 Å². The monoisotopic (exact) mass is 290 g/mol. The first-order valence-corrected chi connectivity index (χ1v) is 5.86. The highest BCUT2D eigenvalue weighted by molar-refractivity contribution is 5.71. The Bertz CT molecular complexity index is 797. The van der Waals surface area contributed by atoms with Gasteiger partial charge in [0.1, 0.15) is 17.1 Å². The van der Waals surface area contributed by atoms with E-state index in [0.717, 1.165) is 12.1 Å². The third-order valence-electron chi connectivity index (χ3n) is 2.84. The van der Waals surface area contributed by atoms with Gasteiger partial charge in [0, 0.05) is 5.56 Å². The maximum absolute atomic E-state index is 13.2. The molecule has 5 nitrogen and oxygen atoms in total. The summed E-state index contributed by atoms with van der Waals surface area (Å²) in [5.74, 6) is -2.63. The number of phenols is 2. The molecule has 1 heterocycles. The van der Waals surface area contributed by atoms with Crippen molar-refractivity contribution in [2.75, 3.05) is 0 Å². The van der Waals surface area contributed by atoms with Crippen molar-refractivity contribution < 1.29 is 23.5 Å². The minimum absolute atomic E-state index is 0.00607. The Labute approximate surface area is 117 Å². The van der Waals surface area contributed by atoms with Crippen LogP contribution in [0.5, 0.6) is 11.5 Å². The zero-order valence-corrected chi connectivity index (χ0v) is 10.4. The van der Waals surface area contributed by atoms with Gasteiger partial charge in [0.2, 0.25) is 5.82 Å². The summed E-state index contributed by atoms with van der Waals surface area (Å²) in [6.07, 6.45) is 0. The molecule has 7 heteroatoms. The van der Waals surface area contributed by atoms with Gasteiger partial charge in [0.15, 0.2) is 11.6 Å².